The molecule has 0 saturated heterocycles. The summed E-state index contributed by atoms with van der Waals surface area (Å²) in [5, 5.41) is 6.89. The average molecular weight is 307 g/mol. The van der Waals surface area contributed by atoms with E-state index in [0.29, 0.717) is 22.0 Å². The summed E-state index contributed by atoms with van der Waals surface area (Å²) >= 11 is 6.10. The van der Waals surface area contributed by atoms with Crippen LogP contribution in [0.1, 0.15) is 15.9 Å². The Balaban J connectivity index is 1.82. The Morgan fingerprint density at radius 2 is 1.59 bits per heavy atom. The Kier molecular flexibility index (Phi) is 2.94. The predicted octanol–water partition coefficient (Wildman–Crippen LogP) is 4.51. The molecule has 0 fully saturated rings. The number of anilines is 1. The van der Waals surface area contributed by atoms with Gasteiger partial charge in [0.15, 0.2) is 0 Å². The number of hydrazone groups is 1. The SMILES string of the molecule is O=C1/C(=N\Nc2ccccc2Cl)c2cccc3cccc1c23. The van der Waals surface area contributed by atoms with E-state index in [4.69, 9.17) is 11.6 Å². The highest BCUT2D eigenvalue weighted by Crippen LogP contribution is 2.31. The number of ketones is 1. The number of Topliss-reactive ketones (excluding diaryl/α,β-unsaturated/α-hetero) is 1. The highest BCUT2D eigenvalue weighted by molar-refractivity contribution is 6.59. The lowest BCUT2D eigenvalue weighted by molar-refractivity contribution is 0.107. The van der Waals surface area contributed by atoms with E-state index in [1.54, 1.807) is 6.07 Å². The van der Waals surface area contributed by atoms with Crippen LogP contribution in [0.25, 0.3) is 10.8 Å². The molecule has 0 unspecified atom stereocenters. The number of halogens is 1. The molecule has 0 aromatic heterocycles. The molecule has 3 aromatic rings. The first kappa shape index (κ1) is 13.0. The van der Waals surface area contributed by atoms with E-state index in [-0.39, 0.29) is 5.78 Å². The highest BCUT2D eigenvalue weighted by Gasteiger charge is 2.28. The van der Waals surface area contributed by atoms with Crippen LogP contribution in [0, 0.1) is 0 Å². The Bertz CT molecular complexity index is 941. The standard InChI is InChI=1S/C18H11ClN2O/c19-14-9-1-2-10-15(14)20-21-17-12-7-3-5-11-6-4-8-13(16(11)12)18(17)22/h1-10,20H/b21-17-. The Morgan fingerprint density at radius 1 is 0.864 bits per heavy atom. The van der Waals surface area contributed by atoms with Crippen molar-refractivity contribution >= 4 is 39.6 Å². The number of carbonyl (C=O) groups excluding carboxylic acids is 1. The van der Waals surface area contributed by atoms with E-state index < -0.39 is 0 Å². The molecular formula is C18H11ClN2O. The van der Waals surface area contributed by atoms with Crippen LogP contribution in [-0.2, 0) is 0 Å². The van der Waals surface area contributed by atoms with Crippen LogP contribution in [0.4, 0.5) is 5.69 Å². The summed E-state index contributed by atoms with van der Waals surface area (Å²) in [6, 6.07) is 18.9. The second-order valence-electron chi connectivity index (χ2n) is 5.09. The number of para-hydroxylation sites is 1. The van der Waals surface area contributed by atoms with Crippen LogP contribution in [0.15, 0.2) is 65.8 Å². The van der Waals surface area contributed by atoms with E-state index in [2.05, 4.69) is 10.5 Å². The molecule has 1 aliphatic carbocycles. The maximum atomic E-state index is 12.6. The molecule has 0 saturated carbocycles. The minimum atomic E-state index is -0.0636. The molecule has 3 nitrogen and oxygen atoms in total. The molecule has 0 heterocycles. The summed E-state index contributed by atoms with van der Waals surface area (Å²) < 4.78 is 0. The van der Waals surface area contributed by atoms with Crippen LogP contribution in [0.5, 0.6) is 0 Å². The van der Waals surface area contributed by atoms with Crippen LogP contribution in [-0.4, -0.2) is 11.5 Å². The quantitative estimate of drug-likeness (QED) is 0.708. The van der Waals surface area contributed by atoms with Gasteiger partial charge >= 0.3 is 0 Å². The van der Waals surface area contributed by atoms with Crippen molar-refractivity contribution in [3.63, 3.8) is 0 Å². The normalized spacial score (nSPS) is 14.8. The van der Waals surface area contributed by atoms with Crippen molar-refractivity contribution in [2.24, 2.45) is 5.10 Å². The number of benzene rings is 3. The molecule has 1 N–H and O–H groups in total. The third-order valence-electron chi connectivity index (χ3n) is 3.78. The number of nitrogens with zero attached hydrogens (tertiary/aromatic N) is 1. The number of carbonyl (C=O) groups is 1. The van der Waals surface area contributed by atoms with Crippen LogP contribution in [0.3, 0.4) is 0 Å². The molecule has 4 rings (SSSR count). The van der Waals surface area contributed by atoms with Gasteiger partial charge in [0.25, 0.3) is 0 Å². The number of hydrogen-bond acceptors (Lipinski definition) is 3. The zero-order valence-corrected chi connectivity index (χ0v) is 12.3. The minimum absolute atomic E-state index is 0.0636. The van der Waals surface area contributed by atoms with Crippen LogP contribution in [0.2, 0.25) is 5.02 Å². The van der Waals surface area contributed by atoms with Gasteiger partial charge in [-0.2, -0.15) is 5.10 Å². The van der Waals surface area contributed by atoms with Gasteiger partial charge in [0, 0.05) is 16.5 Å². The molecule has 3 aromatic carbocycles. The smallest absolute Gasteiger partial charge is 0.214 e. The van der Waals surface area contributed by atoms with E-state index in [9.17, 15) is 4.79 Å². The van der Waals surface area contributed by atoms with Crippen molar-refractivity contribution in [1.82, 2.24) is 0 Å². The molecule has 0 spiro atoms. The fourth-order valence-corrected chi connectivity index (χ4v) is 2.93. The monoisotopic (exact) mass is 306 g/mol. The fourth-order valence-electron chi connectivity index (χ4n) is 2.76. The minimum Gasteiger partial charge on any atom is -0.287 e. The van der Waals surface area contributed by atoms with Gasteiger partial charge in [-0.3, -0.25) is 10.2 Å². The van der Waals surface area contributed by atoms with Crippen molar-refractivity contribution in [2.75, 3.05) is 5.43 Å². The molecule has 22 heavy (non-hydrogen) atoms. The zero-order valence-electron chi connectivity index (χ0n) is 11.5. The summed E-state index contributed by atoms with van der Waals surface area (Å²) in [5.41, 5.74) is 5.56. The first-order valence-corrected chi connectivity index (χ1v) is 7.28. The number of rotatable bonds is 2. The van der Waals surface area contributed by atoms with Crippen molar-refractivity contribution in [2.45, 2.75) is 0 Å². The largest absolute Gasteiger partial charge is 0.287 e. The van der Waals surface area contributed by atoms with Crippen molar-refractivity contribution < 1.29 is 4.79 Å². The first-order chi connectivity index (χ1) is 10.8. The lowest BCUT2D eigenvalue weighted by Gasteiger charge is -2.04. The first-order valence-electron chi connectivity index (χ1n) is 6.91. The van der Waals surface area contributed by atoms with Gasteiger partial charge in [0.2, 0.25) is 5.78 Å². The van der Waals surface area contributed by atoms with Gasteiger partial charge in [-0.05, 0) is 17.5 Å². The fraction of sp³-hybridized carbons (Fsp3) is 0. The lowest BCUT2D eigenvalue weighted by Crippen LogP contribution is -2.11. The molecule has 0 amide bonds. The number of hydrogen-bond donors (Lipinski definition) is 1. The van der Waals surface area contributed by atoms with Crippen LogP contribution >= 0.6 is 11.6 Å². The summed E-state index contributed by atoms with van der Waals surface area (Å²) in [6.45, 7) is 0. The molecule has 106 valence electrons. The summed E-state index contributed by atoms with van der Waals surface area (Å²) in [7, 11) is 0. The summed E-state index contributed by atoms with van der Waals surface area (Å²) in [6.07, 6.45) is 0. The summed E-state index contributed by atoms with van der Waals surface area (Å²) in [4.78, 5) is 12.6. The summed E-state index contributed by atoms with van der Waals surface area (Å²) in [5.74, 6) is -0.0636. The van der Waals surface area contributed by atoms with Gasteiger partial charge in [0.05, 0.1) is 10.7 Å². The molecule has 0 atom stereocenters. The highest BCUT2D eigenvalue weighted by atomic mass is 35.5. The van der Waals surface area contributed by atoms with Crippen molar-refractivity contribution in [1.29, 1.82) is 0 Å². The van der Waals surface area contributed by atoms with Crippen molar-refractivity contribution in [3.8, 4) is 0 Å². The third kappa shape index (κ3) is 1.90. The van der Waals surface area contributed by atoms with Gasteiger partial charge in [0.1, 0.15) is 5.71 Å². The lowest BCUT2D eigenvalue weighted by atomic mass is 10.1. The molecule has 0 bridgehead atoms. The topological polar surface area (TPSA) is 41.5 Å². The third-order valence-corrected chi connectivity index (χ3v) is 4.11. The van der Waals surface area contributed by atoms with Gasteiger partial charge in [-0.25, -0.2) is 0 Å². The van der Waals surface area contributed by atoms with Gasteiger partial charge in [-0.15, -0.1) is 0 Å². The molecular weight excluding hydrogens is 296 g/mol. The Morgan fingerprint density at radius 3 is 2.36 bits per heavy atom. The van der Waals surface area contributed by atoms with Gasteiger partial charge < -0.3 is 0 Å². The Labute approximate surface area is 132 Å². The predicted molar refractivity (Wildman–Crippen MR) is 89.9 cm³/mol. The van der Waals surface area contributed by atoms with E-state index in [1.165, 1.54) is 0 Å². The second kappa shape index (κ2) is 4.97. The number of nitrogens with one attached hydrogen (secondary N) is 1. The zero-order chi connectivity index (χ0) is 15.1. The second-order valence-corrected chi connectivity index (χ2v) is 5.50. The van der Waals surface area contributed by atoms with E-state index in [0.717, 1.165) is 16.3 Å². The maximum absolute atomic E-state index is 12.6. The van der Waals surface area contributed by atoms with E-state index >= 15 is 0 Å². The van der Waals surface area contributed by atoms with E-state index in [1.807, 2.05) is 54.6 Å². The van der Waals surface area contributed by atoms with Crippen LogP contribution < -0.4 is 5.43 Å². The molecule has 0 aliphatic heterocycles. The Hall–Kier alpha value is -2.65. The van der Waals surface area contributed by atoms with Crippen molar-refractivity contribution in [3.05, 3.63) is 76.8 Å². The maximum Gasteiger partial charge on any atom is 0.214 e. The average Bonchev–Trinajstić information content (AvgIpc) is 2.82. The molecule has 1 aliphatic rings. The molecule has 4 heteroatoms. The molecule has 0 radical (unpaired) electrons. The van der Waals surface area contributed by atoms with Gasteiger partial charge in [-0.1, -0.05) is 60.1 Å².